The summed E-state index contributed by atoms with van der Waals surface area (Å²) in [5.41, 5.74) is 2.91. The number of rotatable bonds is 2. The predicted octanol–water partition coefficient (Wildman–Crippen LogP) is 3.04. The Kier molecular flexibility index (Phi) is 2.83. The summed E-state index contributed by atoms with van der Waals surface area (Å²) in [7, 11) is 0. The van der Waals surface area contributed by atoms with Gasteiger partial charge in [-0.25, -0.2) is 0 Å². The first-order chi connectivity index (χ1) is 9.22. The lowest BCUT2D eigenvalue weighted by Crippen LogP contribution is -2.05. The van der Waals surface area contributed by atoms with E-state index < -0.39 is 0 Å². The van der Waals surface area contributed by atoms with Crippen molar-refractivity contribution < 1.29 is 14.3 Å². The average molecular weight is 255 g/mol. The first-order valence-corrected chi connectivity index (χ1v) is 6.00. The van der Waals surface area contributed by atoms with Crippen LogP contribution in [0.2, 0.25) is 0 Å². The zero-order valence-electron chi connectivity index (χ0n) is 10.5. The Morgan fingerprint density at radius 2 is 1.68 bits per heavy atom. The number of amides is 1. The molecule has 1 amide bonds. The molecule has 0 radical (unpaired) electrons. The second kappa shape index (κ2) is 4.65. The van der Waals surface area contributed by atoms with Crippen molar-refractivity contribution in [2.75, 3.05) is 12.1 Å². The van der Waals surface area contributed by atoms with E-state index in [9.17, 15) is 4.79 Å². The Labute approximate surface area is 111 Å². The number of benzene rings is 2. The monoisotopic (exact) mass is 255 g/mol. The average Bonchev–Trinajstić information content (AvgIpc) is 2.86. The standard InChI is InChI=1S/C15H13NO3/c1-10(17)16-13-5-2-11(3-6-13)12-4-7-14-15(8-12)19-9-18-14/h2-8H,9H2,1H3,(H,16,17). The molecule has 0 spiro atoms. The van der Waals surface area contributed by atoms with Gasteiger partial charge in [0, 0.05) is 12.6 Å². The number of anilines is 1. The van der Waals surface area contributed by atoms with Crippen LogP contribution >= 0.6 is 0 Å². The first kappa shape index (κ1) is 11.6. The third-order valence-corrected chi connectivity index (χ3v) is 2.91. The van der Waals surface area contributed by atoms with E-state index in [0.717, 1.165) is 28.3 Å². The van der Waals surface area contributed by atoms with Gasteiger partial charge in [-0.2, -0.15) is 0 Å². The quantitative estimate of drug-likeness (QED) is 0.897. The molecule has 2 aromatic carbocycles. The molecular formula is C15H13NO3. The van der Waals surface area contributed by atoms with E-state index in [1.165, 1.54) is 6.92 Å². The second-order valence-corrected chi connectivity index (χ2v) is 4.33. The van der Waals surface area contributed by atoms with Crippen LogP contribution in [0.15, 0.2) is 42.5 Å². The van der Waals surface area contributed by atoms with Crippen LogP contribution in [0, 0.1) is 0 Å². The molecule has 0 unspecified atom stereocenters. The van der Waals surface area contributed by atoms with E-state index in [0.29, 0.717) is 0 Å². The van der Waals surface area contributed by atoms with Crippen molar-refractivity contribution in [2.24, 2.45) is 0 Å². The van der Waals surface area contributed by atoms with Crippen LogP contribution in [0.4, 0.5) is 5.69 Å². The summed E-state index contributed by atoms with van der Waals surface area (Å²) in [6, 6.07) is 13.5. The van der Waals surface area contributed by atoms with Crippen LogP contribution in [-0.2, 0) is 4.79 Å². The molecule has 0 bridgehead atoms. The van der Waals surface area contributed by atoms with Gasteiger partial charge in [0.15, 0.2) is 11.5 Å². The molecule has 0 atom stereocenters. The summed E-state index contributed by atoms with van der Waals surface area (Å²) in [4.78, 5) is 11.0. The molecule has 96 valence electrons. The summed E-state index contributed by atoms with van der Waals surface area (Å²) in [6.45, 7) is 1.77. The smallest absolute Gasteiger partial charge is 0.231 e. The van der Waals surface area contributed by atoms with E-state index in [4.69, 9.17) is 9.47 Å². The second-order valence-electron chi connectivity index (χ2n) is 4.33. The lowest BCUT2D eigenvalue weighted by atomic mass is 10.0. The number of hydrogen-bond donors (Lipinski definition) is 1. The predicted molar refractivity (Wildman–Crippen MR) is 72.3 cm³/mol. The minimum atomic E-state index is -0.0733. The number of hydrogen-bond acceptors (Lipinski definition) is 3. The van der Waals surface area contributed by atoms with Crippen molar-refractivity contribution in [1.29, 1.82) is 0 Å². The van der Waals surface area contributed by atoms with Gasteiger partial charge in [0.05, 0.1) is 0 Å². The minimum absolute atomic E-state index is 0.0733. The molecule has 0 saturated carbocycles. The van der Waals surface area contributed by atoms with Gasteiger partial charge in [-0.15, -0.1) is 0 Å². The van der Waals surface area contributed by atoms with Gasteiger partial charge in [0.1, 0.15) is 0 Å². The summed E-state index contributed by atoms with van der Waals surface area (Å²) < 4.78 is 10.6. The molecule has 0 aromatic heterocycles. The van der Waals surface area contributed by atoms with Crippen molar-refractivity contribution in [3.8, 4) is 22.6 Å². The topological polar surface area (TPSA) is 47.6 Å². The highest BCUT2D eigenvalue weighted by Gasteiger charge is 2.13. The van der Waals surface area contributed by atoms with E-state index >= 15 is 0 Å². The Hall–Kier alpha value is -2.49. The number of carbonyl (C=O) groups is 1. The van der Waals surface area contributed by atoms with Crippen molar-refractivity contribution in [1.82, 2.24) is 0 Å². The minimum Gasteiger partial charge on any atom is -0.454 e. The van der Waals surface area contributed by atoms with Crippen molar-refractivity contribution >= 4 is 11.6 Å². The molecule has 2 aromatic rings. The zero-order valence-corrected chi connectivity index (χ0v) is 10.5. The summed E-state index contributed by atoms with van der Waals surface area (Å²) in [5, 5.41) is 2.74. The normalized spacial score (nSPS) is 12.3. The van der Waals surface area contributed by atoms with Crippen LogP contribution < -0.4 is 14.8 Å². The van der Waals surface area contributed by atoms with Crippen LogP contribution in [0.5, 0.6) is 11.5 Å². The largest absolute Gasteiger partial charge is 0.454 e. The van der Waals surface area contributed by atoms with E-state index in [2.05, 4.69) is 5.32 Å². The highest BCUT2D eigenvalue weighted by atomic mass is 16.7. The maximum atomic E-state index is 11.0. The van der Waals surface area contributed by atoms with Gasteiger partial charge < -0.3 is 14.8 Å². The number of fused-ring (bicyclic) bond motifs is 1. The van der Waals surface area contributed by atoms with Crippen molar-refractivity contribution in [3.05, 3.63) is 42.5 Å². The fourth-order valence-electron chi connectivity index (χ4n) is 2.03. The molecule has 1 heterocycles. The summed E-state index contributed by atoms with van der Waals surface area (Å²) >= 11 is 0. The van der Waals surface area contributed by atoms with Crippen molar-refractivity contribution in [3.63, 3.8) is 0 Å². The van der Waals surface area contributed by atoms with E-state index in [1.54, 1.807) is 0 Å². The number of carbonyl (C=O) groups excluding carboxylic acids is 1. The SMILES string of the molecule is CC(=O)Nc1ccc(-c2ccc3c(c2)OCO3)cc1. The maximum absolute atomic E-state index is 11.0. The third kappa shape index (κ3) is 2.38. The Bertz CT molecular complexity index is 620. The third-order valence-electron chi connectivity index (χ3n) is 2.91. The molecule has 3 rings (SSSR count). The highest BCUT2D eigenvalue weighted by Crippen LogP contribution is 2.36. The zero-order chi connectivity index (χ0) is 13.2. The Morgan fingerprint density at radius 1 is 1.00 bits per heavy atom. The number of nitrogens with one attached hydrogen (secondary N) is 1. The van der Waals surface area contributed by atoms with E-state index in [1.807, 2.05) is 42.5 Å². The number of ether oxygens (including phenoxy) is 2. The molecule has 0 aliphatic carbocycles. The molecule has 4 nitrogen and oxygen atoms in total. The van der Waals surface area contributed by atoms with Gasteiger partial charge in [0.2, 0.25) is 12.7 Å². The van der Waals surface area contributed by atoms with Crippen LogP contribution in [0.3, 0.4) is 0 Å². The summed E-state index contributed by atoms with van der Waals surface area (Å²) in [6.07, 6.45) is 0. The fraction of sp³-hybridized carbons (Fsp3) is 0.133. The Balaban J connectivity index is 1.88. The van der Waals surface area contributed by atoms with Crippen LogP contribution in [-0.4, -0.2) is 12.7 Å². The van der Waals surface area contributed by atoms with Gasteiger partial charge in [-0.05, 0) is 35.4 Å². The van der Waals surface area contributed by atoms with E-state index in [-0.39, 0.29) is 12.7 Å². The Morgan fingerprint density at radius 3 is 2.42 bits per heavy atom. The molecule has 1 N–H and O–H groups in total. The van der Waals surface area contributed by atoms with Crippen molar-refractivity contribution in [2.45, 2.75) is 6.92 Å². The molecular weight excluding hydrogens is 242 g/mol. The highest BCUT2D eigenvalue weighted by molar-refractivity contribution is 5.89. The van der Waals surface area contributed by atoms with Gasteiger partial charge in [-0.1, -0.05) is 18.2 Å². The van der Waals surface area contributed by atoms with Gasteiger partial charge in [-0.3, -0.25) is 4.79 Å². The van der Waals surface area contributed by atoms with Crippen LogP contribution in [0.25, 0.3) is 11.1 Å². The summed E-state index contributed by atoms with van der Waals surface area (Å²) in [5.74, 6) is 1.47. The maximum Gasteiger partial charge on any atom is 0.231 e. The molecule has 0 fully saturated rings. The lowest BCUT2D eigenvalue weighted by Gasteiger charge is -2.06. The van der Waals surface area contributed by atoms with Crippen LogP contribution in [0.1, 0.15) is 6.92 Å². The molecule has 1 aliphatic heterocycles. The molecule has 19 heavy (non-hydrogen) atoms. The molecule has 4 heteroatoms. The first-order valence-electron chi connectivity index (χ1n) is 6.00. The molecule has 0 saturated heterocycles. The van der Waals surface area contributed by atoms with Gasteiger partial charge in [0.25, 0.3) is 0 Å². The van der Waals surface area contributed by atoms with Gasteiger partial charge >= 0.3 is 0 Å². The lowest BCUT2D eigenvalue weighted by molar-refractivity contribution is -0.114. The fourth-order valence-corrected chi connectivity index (χ4v) is 2.03. The molecule has 1 aliphatic rings.